The van der Waals surface area contributed by atoms with E-state index in [1.807, 2.05) is 6.92 Å². The molecule has 0 atom stereocenters. The summed E-state index contributed by atoms with van der Waals surface area (Å²) in [5.74, 6) is 0. The Kier molecular flexibility index (Phi) is 5.74. The summed E-state index contributed by atoms with van der Waals surface area (Å²) >= 11 is 0. The summed E-state index contributed by atoms with van der Waals surface area (Å²) in [7, 11) is -3.54. The Morgan fingerprint density at radius 1 is 1.33 bits per heavy atom. The molecule has 0 fully saturated rings. The second-order valence-corrected chi connectivity index (χ2v) is 5.92. The molecule has 0 saturated heterocycles. The Bertz CT molecular complexity index is 468. The minimum atomic E-state index is -3.54. The average molecular weight is 272 g/mol. The lowest BCUT2D eigenvalue weighted by atomic mass is 10.2. The Morgan fingerprint density at radius 2 is 2.06 bits per heavy atom. The molecule has 5 nitrogen and oxygen atoms in total. The summed E-state index contributed by atoms with van der Waals surface area (Å²) in [4.78, 5) is 0.229. The minimum Gasteiger partial charge on any atom is -0.395 e. The molecule has 0 radical (unpaired) electrons. The van der Waals surface area contributed by atoms with Crippen molar-refractivity contribution in [3.8, 4) is 0 Å². The van der Waals surface area contributed by atoms with Gasteiger partial charge in [0.25, 0.3) is 0 Å². The molecule has 18 heavy (non-hydrogen) atoms. The number of rotatable bonds is 7. The van der Waals surface area contributed by atoms with E-state index in [-0.39, 0.29) is 18.0 Å². The van der Waals surface area contributed by atoms with Crippen LogP contribution in [0.4, 0.5) is 0 Å². The van der Waals surface area contributed by atoms with Gasteiger partial charge in [-0.3, -0.25) is 0 Å². The standard InChI is InChI=1S/C12H20N2O3S/c1-2-6-14(7-8-15)18(16,17)12-5-3-4-11(9-12)10-13/h3-5,9,15H,2,6-8,10,13H2,1H3. The zero-order valence-corrected chi connectivity index (χ0v) is 11.4. The third kappa shape index (κ3) is 3.52. The van der Waals surface area contributed by atoms with Crippen LogP contribution in [-0.2, 0) is 16.6 Å². The number of benzene rings is 1. The number of nitrogens with two attached hydrogens (primary N) is 1. The van der Waals surface area contributed by atoms with Crippen LogP contribution in [0.2, 0.25) is 0 Å². The number of nitrogens with zero attached hydrogens (tertiary/aromatic N) is 1. The predicted molar refractivity (Wildman–Crippen MR) is 70.5 cm³/mol. The lowest BCUT2D eigenvalue weighted by Gasteiger charge is -2.20. The molecular weight excluding hydrogens is 252 g/mol. The topological polar surface area (TPSA) is 83.6 Å². The van der Waals surface area contributed by atoms with Crippen LogP contribution in [0.3, 0.4) is 0 Å². The fraction of sp³-hybridized carbons (Fsp3) is 0.500. The molecule has 0 aliphatic rings. The first kappa shape index (κ1) is 15.1. The molecular formula is C12H20N2O3S. The summed E-state index contributed by atoms with van der Waals surface area (Å²) in [5.41, 5.74) is 6.28. The van der Waals surface area contributed by atoms with Gasteiger partial charge in [-0.2, -0.15) is 4.31 Å². The van der Waals surface area contributed by atoms with Gasteiger partial charge in [0.15, 0.2) is 0 Å². The van der Waals surface area contributed by atoms with Crippen LogP contribution in [0.1, 0.15) is 18.9 Å². The fourth-order valence-corrected chi connectivity index (χ4v) is 3.29. The predicted octanol–water partition coefficient (Wildman–Crippen LogP) is 0.538. The van der Waals surface area contributed by atoms with Crippen molar-refractivity contribution in [1.82, 2.24) is 4.31 Å². The smallest absolute Gasteiger partial charge is 0.243 e. The van der Waals surface area contributed by atoms with E-state index >= 15 is 0 Å². The molecule has 0 saturated carbocycles. The normalized spacial score (nSPS) is 12.0. The molecule has 0 bridgehead atoms. The van der Waals surface area contributed by atoms with Gasteiger partial charge in [0.2, 0.25) is 10.0 Å². The number of hydrogen-bond donors (Lipinski definition) is 2. The van der Waals surface area contributed by atoms with Gasteiger partial charge in [0.1, 0.15) is 0 Å². The van der Waals surface area contributed by atoms with Gasteiger partial charge in [-0.15, -0.1) is 0 Å². The third-order valence-electron chi connectivity index (χ3n) is 2.59. The van der Waals surface area contributed by atoms with Crippen molar-refractivity contribution in [2.45, 2.75) is 24.8 Å². The van der Waals surface area contributed by atoms with Crippen LogP contribution in [0.25, 0.3) is 0 Å². The van der Waals surface area contributed by atoms with E-state index in [9.17, 15) is 8.42 Å². The molecule has 1 aromatic rings. The van der Waals surface area contributed by atoms with E-state index in [0.717, 1.165) is 5.56 Å². The van der Waals surface area contributed by atoms with E-state index in [1.54, 1.807) is 24.3 Å². The van der Waals surface area contributed by atoms with Crippen molar-refractivity contribution in [1.29, 1.82) is 0 Å². The SMILES string of the molecule is CCCN(CCO)S(=O)(=O)c1cccc(CN)c1. The zero-order chi connectivity index (χ0) is 13.6. The molecule has 0 spiro atoms. The lowest BCUT2D eigenvalue weighted by molar-refractivity contribution is 0.253. The maximum Gasteiger partial charge on any atom is 0.243 e. The van der Waals surface area contributed by atoms with E-state index in [2.05, 4.69) is 0 Å². The quantitative estimate of drug-likeness (QED) is 0.759. The van der Waals surface area contributed by atoms with Crippen molar-refractivity contribution in [2.24, 2.45) is 5.73 Å². The van der Waals surface area contributed by atoms with E-state index in [1.165, 1.54) is 4.31 Å². The maximum absolute atomic E-state index is 12.4. The van der Waals surface area contributed by atoms with Gasteiger partial charge in [0.05, 0.1) is 11.5 Å². The lowest BCUT2D eigenvalue weighted by Crippen LogP contribution is -2.34. The molecule has 0 aromatic heterocycles. The Morgan fingerprint density at radius 3 is 2.61 bits per heavy atom. The van der Waals surface area contributed by atoms with E-state index in [4.69, 9.17) is 10.8 Å². The molecule has 0 unspecified atom stereocenters. The maximum atomic E-state index is 12.4. The van der Waals surface area contributed by atoms with Crippen LogP contribution < -0.4 is 5.73 Å². The van der Waals surface area contributed by atoms with E-state index in [0.29, 0.717) is 19.5 Å². The molecule has 0 aliphatic heterocycles. The second kappa shape index (κ2) is 6.84. The monoisotopic (exact) mass is 272 g/mol. The second-order valence-electron chi connectivity index (χ2n) is 3.98. The van der Waals surface area contributed by atoms with Gasteiger partial charge < -0.3 is 10.8 Å². The molecule has 0 aliphatic carbocycles. The van der Waals surface area contributed by atoms with Gasteiger partial charge in [-0.05, 0) is 24.1 Å². The zero-order valence-electron chi connectivity index (χ0n) is 10.5. The first-order valence-electron chi connectivity index (χ1n) is 5.96. The Labute approximate surface area is 108 Å². The van der Waals surface area contributed by atoms with Crippen molar-refractivity contribution < 1.29 is 13.5 Å². The van der Waals surface area contributed by atoms with Gasteiger partial charge in [0, 0.05) is 19.6 Å². The highest BCUT2D eigenvalue weighted by Gasteiger charge is 2.23. The number of hydrogen-bond acceptors (Lipinski definition) is 4. The Hall–Kier alpha value is -0.950. The Balaban J connectivity index is 3.08. The van der Waals surface area contributed by atoms with Crippen LogP contribution in [0.5, 0.6) is 0 Å². The molecule has 3 N–H and O–H groups in total. The van der Waals surface area contributed by atoms with Crippen molar-refractivity contribution in [3.63, 3.8) is 0 Å². The van der Waals surface area contributed by atoms with Crippen LogP contribution in [0.15, 0.2) is 29.2 Å². The molecule has 102 valence electrons. The average Bonchev–Trinajstić information content (AvgIpc) is 2.38. The first-order valence-corrected chi connectivity index (χ1v) is 7.40. The summed E-state index contributed by atoms with van der Waals surface area (Å²) in [6, 6.07) is 6.59. The highest BCUT2D eigenvalue weighted by molar-refractivity contribution is 7.89. The summed E-state index contributed by atoms with van der Waals surface area (Å²) < 4.78 is 26.0. The summed E-state index contributed by atoms with van der Waals surface area (Å²) in [6.45, 7) is 2.53. The van der Waals surface area contributed by atoms with Gasteiger partial charge in [-0.25, -0.2) is 8.42 Å². The highest BCUT2D eigenvalue weighted by Crippen LogP contribution is 2.17. The molecule has 0 amide bonds. The summed E-state index contributed by atoms with van der Waals surface area (Å²) in [6.07, 6.45) is 0.704. The molecule has 0 heterocycles. The molecule has 6 heteroatoms. The van der Waals surface area contributed by atoms with Crippen LogP contribution >= 0.6 is 0 Å². The van der Waals surface area contributed by atoms with Crippen LogP contribution in [-0.4, -0.2) is 37.5 Å². The third-order valence-corrected chi connectivity index (χ3v) is 4.49. The number of aliphatic hydroxyl groups is 1. The molecule has 1 aromatic carbocycles. The minimum absolute atomic E-state index is 0.114. The largest absolute Gasteiger partial charge is 0.395 e. The number of sulfonamides is 1. The van der Waals surface area contributed by atoms with E-state index < -0.39 is 10.0 Å². The fourth-order valence-electron chi connectivity index (χ4n) is 1.70. The first-order chi connectivity index (χ1) is 8.56. The van der Waals surface area contributed by atoms with Crippen molar-refractivity contribution >= 4 is 10.0 Å². The van der Waals surface area contributed by atoms with Crippen LogP contribution in [0, 0.1) is 0 Å². The van der Waals surface area contributed by atoms with Gasteiger partial charge >= 0.3 is 0 Å². The number of aliphatic hydroxyl groups excluding tert-OH is 1. The molecule has 1 rings (SSSR count). The van der Waals surface area contributed by atoms with Crippen molar-refractivity contribution in [3.05, 3.63) is 29.8 Å². The van der Waals surface area contributed by atoms with Crippen molar-refractivity contribution in [2.75, 3.05) is 19.7 Å². The van der Waals surface area contributed by atoms with Gasteiger partial charge in [-0.1, -0.05) is 19.1 Å². The highest BCUT2D eigenvalue weighted by atomic mass is 32.2. The summed E-state index contributed by atoms with van der Waals surface area (Å²) in [5, 5.41) is 8.95.